The third kappa shape index (κ3) is 1.42. The zero-order valence-electron chi connectivity index (χ0n) is 9.66. The van der Waals surface area contributed by atoms with E-state index in [-0.39, 0.29) is 0 Å². The lowest BCUT2D eigenvalue weighted by atomic mass is 9.81. The number of benzene rings is 1. The summed E-state index contributed by atoms with van der Waals surface area (Å²) in [5, 5.41) is 0. The van der Waals surface area contributed by atoms with Crippen LogP contribution in [0.4, 0.5) is 0 Å². The maximum absolute atomic E-state index is 5.42. The number of nitrogens with one attached hydrogen (secondary N) is 1. The first-order valence-electron chi connectivity index (χ1n) is 5.86. The van der Waals surface area contributed by atoms with Gasteiger partial charge in [0.1, 0.15) is 0 Å². The fraction of sp³-hybridized carbons (Fsp3) is 0.462. The van der Waals surface area contributed by atoms with Crippen molar-refractivity contribution in [1.82, 2.24) is 9.55 Å². The van der Waals surface area contributed by atoms with Crippen LogP contribution in [0.2, 0.25) is 0 Å². The van der Waals surface area contributed by atoms with Crippen LogP contribution >= 0.6 is 12.2 Å². The summed E-state index contributed by atoms with van der Waals surface area (Å²) in [4.78, 5) is 3.30. The van der Waals surface area contributed by atoms with E-state index < -0.39 is 0 Å². The smallest absolute Gasteiger partial charge is 0.178 e. The molecule has 1 aliphatic carbocycles. The predicted octanol–water partition coefficient (Wildman–Crippen LogP) is 3.98. The minimum atomic E-state index is 0.609. The SMILES string of the molecule is Cc1ccc2[nH]c(=S)n(C3CC(C)C3)c2c1. The number of H-pyrrole nitrogens is 1. The number of nitrogens with zero attached hydrogens (tertiary/aromatic N) is 1. The van der Waals surface area contributed by atoms with E-state index in [4.69, 9.17) is 12.2 Å². The molecule has 0 bridgehead atoms. The molecule has 3 heteroatoms. The molecule has 1 saturated carbocycles. The summed E-state index contributed by atoms with van der Waals surface area (Å²) >= 11 is 5.42. The average Bonchev–Trinajstić information content (AvgIpc) is 2.49. The van der Waals surface area contributed by atoms with Gasteiger partial charge in [0.15, 0.2) is 4.77 Å². The minimum absolute atomic E-state index is 0.609. The highest BCUT2D eigenvalue weighted by Crippen LogP contribution is 2.39. The van der Waals surface area contributed by atoms with Crippen molar-refractivity contribution < 1.29 is 0 Å². The van der Waals surface area contributed by atoms with Crippen LogP contribution < -0.4 is 0 Å². The number of hydrogen-bond acceptors (Lipinski definition) is 1. The van der Waals surface area contributed by atoms with Crippen LogP contribution in [0.3, 0.4) is 0 Å². The van der Waals surface area contributed by atoms with E-state index >= 15 is 0 Å². The molecule has 1 aliphatic rings. The second-order valence-corrected chi connectivity index (χ2v) is 5.44. The van der Waals surface area contributed by atoms with Crippen LogP contribution in [-0.2, 0) is 0 Å². The van der Waals surface area contributed by atoms with Gasteiger partial charge in [-0.3, -0.25) is 0 Å². The molecule has 0 radical (unpaired) electrons. The lowest BCUT2D eigenvalue weighted by Crippen LogP contribution is -2.24. The van der Waals surface area contributed by atoms with Crippen molar-refractivity contribution in [3.8, 4) is 0 Å². The molecule has 1 aromatic heterocycles. The zero-order valence-corrected chi connectivity index (χ0v) is 10.5. The number of hydrogen-bond donors (Lipinski definition) is 1. The highest BCUT2D eigenvalue weighted by molar-refractivity contribution is 7.71. The average molecular weight is 232 g/mol. The molecule has 16 heavy (non-hydrogen) atoms. The van der Waals surface area contributed by atoms with Crippen molar-refractivity contribution in [2.24, 2.45) is 5.92 Å². The Morgan fingerprint density at radius 3 is 2.81 bits per heavy atom. The second kappa shape index (κ2) is 3.45. The third-order valence-electron chi connectivity index (χ3n) is 3.59. The van der Waals surface area contributed by atoms with Crippen molar-refractivity contribution >= 4 is 23.3 Å². The summed E-state index contributed by atoms with van der Waals surface area (Å²) in [5.41, 5.74) is 3.72. The molecular weight excluding hydrogens is 216 g/mol. The summed E-state index contributed by atoms with van der Waals surface area (Å²) in [6.45, 7) is 4.43. The molecule has 1 aromatic carbocycles. The first kappa shape index (κ1) is 10.1. The molecule has 1 fully saturated rings. The molecule has 0 unspecified atom stereocenters. The lowest BCUT2D eigenvalue weighted by Gasteiger charge is -2.34. The summed E-state index contributed by atoms with van der Waals surface area (Å²) in [6.07, 6.45) is 2.52. The second-order valence-electron chi connectivity index (χ2n) is 5.05. The number of fused-ring (bicyclic) bond motifs is 1. The number of rotatable bonds is 1. The standard InChI is InChI=1S/C13H16N2S/c1-8-3-4-11-12(7-8)15(13(16)14-11)10-5-9(2)6-10/h3-4,7,9-10H,5-6H2,1-2H3,(H,14,16). The molecule has 0 amide bonds. The van der Waals surface area contributed by atoms with Crippen LogP contribution in [-0.4, -0.2) is 9.55 Å². The highest BCUT2D eigenvalue weighted by Gasteiger charge is 2.28. The summed E-state index contributed by atoms with van der Waals surface area (Å²) in [5.74, 6) is 0.849. The number of aromatic amines is 1. The Bertz CT molecular complexity index is 587. The quantitative estimate of drug-likeness (QED) is 0.738. The predicted molar refractivity (Wildman–Crippen MR) is 69.3 cm³/mol. The molecular formula is C13H16N2S. The topological polar surface area (TPSA) is 20.7 Å². The van der Waals surface area contributed by atoms with Crippen LogP contribution in [0.1, 0.15) is 31.4 Å². The Kier molecular flexibility index (Phi) is 2.18. The van der Waals surface area contributed by atoms with Gasteiger partial charge in [0.05, 0.1) is 11.0 Å². The maximum atomic E-state index is 5.42. The number of aromatic nitrogens is 2. The zero-order chi connectivity index (χ0) is 11.3. The monoisotopic (exact) mass is 232 g/mol. The molecule has 1 heterocycles. The van der Waals surface area contributed by atoms with Gasteiger partial charge in [0.2, 0.25) is 0 Å². The van der Waals surface area contributed by atoms with E-state index in [0.29, 0.717) is 6.04 Å². The van der Waals surface area contributed by atoms with Crippen LogP contribution in [0, 0.1) is 17.6 Å². The molecule has 2 nitrogen and oxygen atoms in total. The van der Waals surface area contributed by atoms with E-state index in [2.05, 4.69) is 41.6 Å². The Labute approximate surface area is 100 Å². The maximum Gasteiger partial charge on any atom is 0.178 e. The van der Waals surface area contributed by atoms with Gasteiger partial charge in [-0.15, -0.1) is 0 Å². The van der Waals surface area contributed by atoms with E-state index in [0.717, 1.165) is 16.2 Å². The van der Waals surface area contributed by atoms with E-state index in [9.17, 15) is 0 Å². The molecule has 84 valence electrons. The van der Waals surface area contributed by atoms with Crippen LogP contribution in [0.15, 0.2) is 18.2 Å². The van der Waals surface area contributed by atoms with Crippen molar-refractivity contribution in [3.05, 3.63) is 28.5 Å². The molecule has 1 N–H and O–H groups in total. The Morgan fingerprint density at radius 2 is 2.12 bits per heavy atom. The fourth-order valence-electron chi connectivity index (χ4n) is 2.66. The lowest BCUT2D eigenvalue weighted by molar-refractivity contribution is 0.219. The van der Waals surface area contributed by atoms with Gasteiger partial charge < -0.3 is 9.55 Å². The summed E-state index contributed by atoms with van der Waals surface area (Å²) < 4.78 is 3.18. The molecule has 2 aromatic rings. The van der Waals surface area contributed by atoms with Crippen molar-refractivity contribution in [3.63, 3.8) is 0 Å². The Hall–Kier alpha value is -1.09. The van der Waals surface area contributed by atoms with E-state index in [1.54, 1.807) is 0 Å². The van der Waals surface area contributed by atoms with Gasteiger partial charge >= 0.3 is 0 Å². The van der Waals surface area contributed by atoms with Crippen molar-refractivity contribution in [1.29, 1.82) is 0 Å². The van der Waals surface area contributed by atoms with Crippen LogP contribution in [0.5, 0.6) is 0 Å². The Morgan fingerprint density at radius 1 is 1.38 bits per heavy atom. The first-order valence-corrected chi connectivity index (χ1v) is 6.27. The first-order chi connectivity index (χ1) is 7.65. The fourth-order valence-corrected chi connectivity index (χ4v) is 3.02. The van der Waals surface area contributed by atoms with Crippen molar-refractivity contribution in [2.45, 2.75) is 32.7 Å². The van der Waals surface area contributed by atoms with Crippen LogP contribution in [0.25, 0.3) is 11.0 Å². The number of imidazole rings is 1. The van der Waals surface area contributed by atoms with Crippen molar-refractivity contribution in [2.75, 3.05) is 0 Å². The molecule has 0 spiro atoms. The van der Waals surface area contributed by atoms with Gasteiger partial charge in [-0.1, -0.05) is 13.0 Å². The molecule has 0 aliphatic heterocycles. The molecule has 3 rings (SSSR count). The largest absolute Gasteiger partial charge is 0.331 e. The van der Waals surface area contributed by atoms with Gasteiger partial charge in [0.25, 0.3) is 0 Å². The van der Waals surface area contributed by atoms with Gasteiger partial charge in [-0.2, -0.15) is 0 Å². The normalized spacial score (nSPS) is 24.6. The Balaban J connectivity index is 2.18. The summed E-state index contributed by atoms with van der Waals surface area (Å²) in [7, 11) is 0. The van der Waals surface area contributed by atoms with Gasteiger partial charge in [0, 0.05) is 6.04 Å². The van der Waals surface area contributed by atoms with Gasteiger partial charge in [-0.05, 0) is 55.6 Å². The van der Waals surface area contributed by atoms with E-state index in [1.165, 1.54) is 23.9 Å². The summed E-state index contributed by atoms with van der Waals surface area (Å²) in [6, 6.07) is 7.09. The third-order valence-corrected chi connectivity index (χ3v) is 3.89. The van der Waals surface area contributed by atoms with E-state index in [1.807, 2.05) is 0 Å². The minimum Gasteiger partial charge on any atom is -0.331 e. The molecule has 0 saturated heterocycles. The highest BCUT2D eigenvalue weighted by atomic mass is 32.1. The molecule has 0 atom stereocenters. The number of aryl methyl sites for hydroxylation is 1. The van der Waals surface area contributed by atoms with Gasteiger partial charge in [-0.25, -0.2) is 0 Å².